The van der Waals surface area contributed by atoms with Crippen LogP contribution in [0.25, 0.3) is 21.9 Å². The Balaban J connectivity index is 1.97. The van der Waals surface area contributed by atoms with Gasteiger partial charge in [0.05, 0.1) is 7.11 Å². The molecular formula is C19H16O2. The van der Waals surface area contributed by atoms with Crippen molar-refractivity contribution in [2.24, 2.45) is 0 Å². The van der Waals surface area contributed by atoms with Crippen molar-refractivity contribution in [3.8, 4) is 22.6 Å². The summed E-state index contributed by atoms with van der Waals surface area (Å²) in [6.07, 6.45) is 0. The van der Waals surface area contributed by atoms with Crippen LogP contribution < -0.4 is 9.47 Å². The quantitative estimate of drug-likeness (QED) is 0.640. The summed E-state index contributed by atoms with van der Waals surface area (Å²) < 4.78 is 11.3. The molecule has 0 saturated heterocycles. The highest BCUT2D eigenvalue weighted by Crippen LogP contribution is 2.42. The molecule has 2 nitrogen and oxygen atoms in total. The van der Waals surface area contributed by atoms with Gasteiger partial charge >= 0.3 is 0 Å². The van der Waals surface area contributed by atoms with Crippen molar-refractivity contribution in [2.45, 2.75) is 13.5 Å². The fourth-order valence-electron chi connectivity index (χ4n) is 3.03. The highest BCUT2D eigenvalue weighted by Gasteiger charge is 2.19. The van der Waals surface area contributed by atoms with Gasteiger partial charge in [-0.15, -0.1) is 0 Å². The minimum absolute atomic E-state index is 0.634. The molecule has 0 unspecified atom stereocenters. The molecule has 3 aromatic carbocycles. The molecule has 0 saturated carbocycles. The minimum atomic E-state index is 0.634. The maximum Gasteiger partial charge on any atom is 0.135 e. The van der Waals surface area contributed by atoms with E-state index >= 15 is 0 Å². The maximum absolute atomic E-state index is 6.05. The molecule has 0 aliphatic carbocycles. The number of methoxy groups -OCH3 is 1. The monoisotopic (exact) mass is 276 g/mol. The molecule has 2 heteroatoms. The van der Waals surface area contributed by atoms with Gasteiger partial charge < -0.3 is 9.47 Å². The molecule has 0 amide bonds. The first-order valence-corrected chi connectivity index (χ1v) is 7.10. The highest BCUT2D eigenvalue weighted by atomic mass is 16.5. The van der Waals surface area contributed by atoms with E-state index in [0.29, 0.717) is 6.61 Å². The van der Waals surface area contributed by atoms with Crippen molar-refractivity contribution in [1.29, 1.82) is 0 Å². The molecule has 104 valence electrons. The Bertz CT molecular complexity index is 850. The summed E-state index contributed by atoms with van der Waals surface area (Å²) in [5.74, 6) is 1.85. The van der Waals surface area contributed by atoms with Crippen LogP contribution in [0.4, 0.5) is 0 Å². The van der Waals surface area contributed by atoms with Gasteiger partial charge in [-0.2, -0.15) is 0 Å². The molecule has 21 heavy (non-hydrogen) atoms. The normalized spacial score (nSPS) is 12.5. The fourth-order valence-corrected chi connectivity index (χ4v) is 3.03. The minimum Gasteiger partial charge on any atom is -0.497 e. The first-order valence-electron chi connectivity index (χ1n) is 7.10. The van der Waals surface area contributed by atoms with Crippen molar-refractivity contribution in [3.05, 3.63) is 59.7 Å². The Hall–Kier alpha value is -2.48. The van der Waals surface area contributed by atoms with Gasteiger partial charge in [-0.1, -0.05) is 29.8 Å². The van der Waals surface area contributed by atoms with E-state index in [9.17, 15) is 0 Å². The Labute approximate surface area is 123 Å². The van der Waals surface area contributed by atoms with Gasteiger partial charge in [-0.3, -0.25) is 0 Å². The van der Waals surface area contributed by atoms with E-state index in [0.717, 1.165) is 22.3 Å². The van der Waals surface area contributed by atoms with Crippen molar-refractivity contribution >= 4 is 10.8 Å². The average Bonchev–Trinajstić information content (AvgIpc) is 2.53. The van der Waals surface area contributed by atoms with Crippen LogP contribution in [0.3, 0.4) is 0 Å². The number of ether oxygens (including phenoxy) is 2. The molecule has 0 fully saturated rings. The van der Waals surface area contributed by atoms with Crippen LogP contribution in [0.15, 0.2) is 48.5 Å². The van der Waals surface area contributed by atoms with Crippen molar-refractivity contribution < 1.29 is 9.47 Å². The average molecular weight is 276 g/mol. The second kappa shape index (κ2) is 4.52. The maximum atomic E-state index is 6.05. The molecule has 0 atom stereocenters. The first kappa shape index (κ1) is 12.3. The van der Waals surface area contributed by atoms with Crippen molar-refractivity contribution in [2.75, 3.05) is 7.11 Å². The van der Waals surface area contributed by atoms with E-state index in [1.165, 1.54) is 22.3 Å². The molecule has 1 aliphatic rings. The highest BCUT2D eigenvalue weighted by molar-refractivity contribution is 5.96. The van der Waals surface area contributed by atoms with Gasteiger partial charge in [0.25, 0.3) is 0 Å². The van der Waals surface area contributed by atoms with Gasteiger partial charge in [0.1, 0.15) is 18.1 Å². The molecule has 1 heterocycles. The standard InChI is InChI=1S/C19H16O2/c1-12-3-6-16-14(9-12)11-21-19-17-8-5-15(20-2)10-13(17)4-7-18(16)19/h3-10H,11H2,1-2H3. The first-order chi connectivity index (χ1) is 10.3. The summed E-state index contributed by atoms with van der Waals surface area (Å²) in [5, 5.41) is 2.28. The van der Waals surface area contributed by atoms with Crippen molar-refractivity contribution in [1.82, 2.24) is 0 Å². The van der Waals surface area contributed by atoms with Gasteiger partial charge in [0.2, 0.25) is 0 Å². The zero-order valence-electron chi connectivity index (χ0n) is 12.1. The number of benzene rings is 3. The molecule has 0 spiro atoms. The lowest BCUT2D eigenvalue weighted by Gasteiger charge is -2.23. The second-order valence-corrected chi connectivity index (χ2v) is 5.48. The third kappa shape index (κ3) is 1.87. The van der Waals surface area contributed by atoms with Gasteiger partial charge in [0, 0.05) is 10.9 Å². The van der Waals surface area contributed by atoms with Crippen LogP contribution in [-0.4, -0.2) is 7.11 Å². The largest absolute Gasteiger partial charge is 0.497 e. The topological polar surface area (TPSA) is 18.5 Å². The lowest BCUT2D eigenvalue weighted by atomic mass is 9.93. The molecule has 0 aromatic heterocycles. The Morgan fingerprint density at radius 2 is 1.81 bits per heavy atom. The molecule has 0 bridgehead atoms. The SMILES string of the molecule is COc1ccc2c3c(ccc2c1)-c1ccc(C)cc1CO3. The smallest absolute Gasteiger partial charge is 0.135 e. The molecule has 3 aromatic rings. The number of hydrogen-bond acceptors (Lipinski definition) is 2. The number of rotatable bonds is 1. The van der Waals surface area contributed by atoms with Crippen LogP contribution in [-0.2, 0) is 6.61 Å². The lowest BCUT2D eigenvalue weighted by Crippen LogP contribution is -2.06. The summed E-state index contributed by atoms with van der Waals surface area (Å²) >= 11 is 0. The van der Waals surface area contributed by atoms with E-state index in [1.807, 2.05) is 12.1 Å². The van der Waals surface area contributed by atoms with E-state index in [2.05, 4.69) is 43.3 Å². The van der Waals surface area contributed by atoms with Crippen LogP contribution in [0.1, 0.15) is 11.1 Å². The van der Waals surface area contributed by atoms with Crippen LogP contribution >= 0.6 is 0 Å². The van der Waals surface area contributed by atoms with Crippen LogP contribution in [0, 0.1) is 6.92 Å². The molecular weight excluding hydrogens is 260 g/mol. The third-order valence-corrected chi connectivity index (χ3v) is 4.10. The van der Waals surface area contributed by atoms with Crippen LogP contribution in [0.2, 0.25) is 0 Å². The predicted molar refractivity (Wildman–Crippen MR) is 85.0 cm³/mol. The number of hydrogen-bond donors (Lipinski definition) is 0. The zero-order valence-corrected chi connectivity index (χ0v) is 12.1. The Morgan fingerprint density at radius 1 is 0.952 bits per heavy atom. The Morgan fingerprint density at radius 3 is 2.67 bits per heavy atom. The summed E-state index contributed by atoms with van der Waals surface area (Å²) in [4.78, 5) is 0. The summed E-state index contributed by atoms with van der Waals surface area (Å²) in [6, 6.07) is 16.9. The predicted octanol–water partition coefficient (Wildman–Crippen LogP) is 4.72. The van der Waals surface area contributed by atoms with E-state index in [1.54, 1.807) is 7.11 Å². The lowest BCUT2D eigenvalue weighted by molar-refractivity contribution is 0.306. The molecule has 1 aliphatic heterocycles. The van der Waals surface area contributed by atoms with E-state index in [-0.39, 0.29) is 0 Å². The fraction of sp³-hybridized carbons (Fsp3) is 0.158. The molecule has 0 radical (unpaired) electrons. The van der Waals surface area contributed by atoms with E-state index in [4.69, 9.17) is 9.47 Å². The third-order valence-electron chi connectivity index (χ3n) is 4.10. The Kier molecular flexibility index (Phi) is 2.64. The van der Waals surface area contributed by atoms with Gasteiger partial charge in [-0.25, -0.2) is 0 Å². The van der Waals surface area contributed by atoms with E-state index < -0.39 is 0 Å². The number of aryl methyl sites for hydroxylation is 1. The number of fused-ring (bicyclic) bond motifs is 5. The summed E-state index contributed by atoms with van der Waals surface area (Å²) in [5.41, 5.74) is 4.98. The zero-order chi connectivity index (χ0) is 14.4. The summed E-state index contributed by atoms with van der Waals surface area (Å²) in [7, 11) is 1.69. The molecule has 0 N–H and O–H groups in total. The van der Waals surface area contributed by atoms with Gasteiger partial charge in [0.15, 0.2) is 0 Å². The molecule has 4 rings (SSSR count). The summed E-state index contributed by atoms with van der Waals surface area (Å²) in [6.45, 7) is 2.75. The van der Waals surface area contributed by atoms with Crippen molar-refractivity contribution in [3.63, 3.8) is 0 Å². The van der Waals surface area contributed by atoms with Gasteiger partial charge in [-0.05, 0) is 47.7 Å². The van der Waals surface area contributed by atoms with Crippen LogP contribution in [0.5, 0.6) is 11.5 Å². The second-order valence-electron chi connectivity index (χ2n) is 5.48.